The highest BCUT2D eigenvalue weighted by Crippen LogP contribution is 2.25. The molecule has 0 aliphatic heterocycles. The van der Waals surface area contributed by atoms with Crippen LogP contribution in [0.4, 0.5) is 0 Å². The Balaban J connectivity index is 2.00. The fourth-order valence-corrected chi connectivity index (χ4v) is 2.37. The fraction of sp³-hybridized carbons (Fsp3) is 0.200. The van der Waals surface area contributed by atoms with Crippen molar-refractivity contribution in [3.8, 4) is 17.6 Å². The number of hydrogen-bond donors (Lipinski definition) is 1. The molecule has 0 aromatic heterocycles. The lowest BCUT2D eigenvalue weighted by molar-refractivity contribution is -0.132. The minimum Gasteiger partial charge on any atom is -0.490 e. The van der Waals surface area contributed by atoms with Crippen LogP contribution in [0.1, 0.15) is 18.1 Å². The molecular weight excluding hydrogens is 354 g/mol. The zero-order valence-corrected chi connectivity index (χ0v) is 15.0. The average molecular weight is 372 g/mol. The zero-order valence-electron chi connectivity index (χ0n) is 14.2. The van der Waals surface area contributed by atoms with E-state index in [0.717, 1.165) is 12.2 Å². The SMILES string of the molecule is CCc1ccc(OCCOc2ccc(Cl)cc2C=C(C#N)C(=O)O)cc1. The first kappa shape index (κ1) is 19.4. The number of nitriles is 1. The lowest BCUT2D eigenvalue weighted by Crippen LogP contribution is -2.09. The number of rotatable bonds is 8. The first-order chi connectivity index (χ1) is 12.5. The molecule has 5 nitrogen and oxygen atoms in total. The van der Waals surface area contributed by atoms with E-state index >= 15 is 0 Å². The maximum absolute atomic E-state index is 11.0. The first-order valence-corrected chi connectivity index (χ1v) is 8.40. The van der Waals surface area contributed by atoms with Crippen LogP contribution in [-0.2, 0) is 11.2 Å². The van der Waals surface area contributed by atoms with E-state index in [1.807, 2.05) is 24.3 Å². The van der Waals surface area contributed by atoms with Crippen LogP contribution in [0, 0.1) is 11.3 Å². The minimum absolute atomic E-state index is 0.257. The molecule has 0 aliphatic rings. The van der Waals surface area contributed by atoms with Gasteiger partial charge in [-0.1, -0.05) is 30.7 Å². The summed E-state index contributed by atoms with van der Waals surface area (Å²) in [6.07, 6.45) is 2.20. The second kappa shape index (κ2) is 9.50. The molecule has 0 unspecified atom stereocenters. The molecule has 2 rings (SSSR count). The van der Waals surface area contributed by atoms with E-state index in [-0.39, 0.29) is 6.61 Å². The highest BCUT2D eigenvalue weighted by atomic mass is 35.5. The molecule has 6 heteroatoms. The molecule has 2 aromatic rings. The third-order valence-corrected chi connectivity index (χ3v) is 3.80. The van der Waals surface area contributed by atoms with Gasteiger partial charge in [-0.05, 0) is 48.4 Å². The monoisotopic (exact) mass is 371 g/mol. The van der Waals surface area contributed by atoms with Crippen molar-refractivity contribution in [2.45, 2.75) is 13.3 Å². The summed E-state index contributed by atoms with van der Waals surface area (Å²) >= 11 is 5.95. The molecule has 0 bridgehead atoms. The molecule has 26 heavy (non-hydrogen) atoms. The van der Waals surface area contributed by atoms with E-state index in [4.69, 9.17) is 31.4 Å². The Labute approximate surface area is 157 Å². The van der Waals surface area contributed by atoms with E-state index < -0.39 is 11.5 Å². The Morgan fingerprint density at radius 3 is 2.50 bits per heavy atom. The number of aryl methyl sites for hydroxylation is 1. The van der Waals surface area contributed by atoms with Gasteiger partial charge in [0.1, 0.15) is 36.4 Å². The van der Waals surface area contributed by atoms with Crippen molar-refractivity contribution >= 4 is 23.6 Å². The molecule has 0 atom stereocenters. The van der Waals surface area contributed by atoms with Crippen LogP contribution in [0.2, 0.25) is 5.02 Å². The largest absolute Gasteiger partial charge is 0.490 e. The number of benzene rings is 2. The van der Waals surface area contributed by atoms with Crippen LogP contribution in [0.25, 0.3) is 6.08 Å². The van der Waals surface area contributed by atoms with Gasteiger partial charge in [0.2, 0.25) is 0 Å². The topological polar surface area (TPSA) is 79.5 Å². The van der Waals surface area contributed by atoms with E-state index in [1.54, 1.807) is 24.3 Å². The summed E-state index contributed by atoms with van der Waals surface area (Å²) in [5.41, 5.74) is 1.26. The molecule has 0 saturated carbocycles. The normalized spacial score (nSPS) is 10.9. The van der Waals surface area contributed by atoms with Crippen molar-refractivity contribution in [3.63, 3.8) is 0 Å². The molecule has 134 valence electrons. The second-order valence-electron chi connectivity index (χ2n) is 5.35. The number of halogens is 1. The van der Waals surface area contributed by atoms with Gasteiger partial charge in [-0.3, -0.25) is 0 Å². The van der Waals surface area contributed by atoms with Crippen molar-refractivity contribution in [2.75, 3.05) is 13.2 Å². The third-order valence-electron chi connectivity index (χ3n) is 3.56. The van der Waals surface area contributed by atoms with Gasteiger partial charge in [0.05, 0.1) is 0 Å². The van der Waals surface area contributed by atoms with Gasteiger partial charge < -0.3 is 14.6 Å². The molecule has 0 amide bonds. The van der Waals surface area contributed by atoms with Crippen LogP contribution >= 0.6 is 11.6 Å². The summed E-state index contributed by atoms with van der Waals surface area (Å²) in [6.45, 7) is 2.66. The van der Waals surface area contributed by atoms with Crippen LogP contribution in [0.15, 0.2) is 48.0 Å². The second-order valence-corrected chi connectivity index (χ2v) is 5.79. The number of carbonyl (C=O) groups is 1. The first-order valence-electron chi connectivity index (χ1n) is 8.02. The summed E-state index contributed by atoms with van der Waals surface area (Å²) < 4.78 is 11.3. The lowest BCUT2D eigenvalue weighted by Gasteiger charge is -2.11. The maximum Gasteiger partial charge on any atom is 0.346 e. The van der Waals surface area contributed by atoms with E-state index in [9.17, 15) is 4.79 Å². The van der Waals surface area contributed by atoms with Crippen LogP contribution in [0.3, 0.4) is 0 Å². The van der Waals surface area contributed by atoms with Crippen LogP contribution in [-0.4, -0.2) is 24.3 Å². The van der Waals surface area contributed by atoms with E-state index in [0.29, 0.717) is 22.9 Å². The number of carboxylic acids is 1. The Kier molecular flexibility index (Phi) is 7.07. The van der Waals surface area contributed by atoms with Crippen molar-refractivity contribution in [1.82, 2.24) is 0 Å². The lowest BCUT2D eigenvalue weighted by atomic mass is 10.1. The third kappa shape index (κ3) is 5.54. The zero-order chi connectivity index (χ0) is 18.9. The van der Waals surface area contributed by atoms with Gasteiger partial charge in [0, 0.05) is 10.6 Å². The summed E-state index contributed by atoms with van der Waals surface area (Å²) in [6, 6.07) is 14.3. The minimum atomic E-state index is -1.31. The van der Waals surface area contributed by atoms with Crippen LogP contribution in [0.5, 0.6) is 11.5 Å². The molecule has 0 aliphatic carbocycles. The number of aliphatic carboxylic acids is 1. The Bertz CT molecular complexity index is 838. The molecule has 1 N–H and O–H groups in total. The average Bonchev–Trinajstić information content (AvgIpc) is 2.64. The molecular formula is C20H18ClNO4. The van der Waals surface area contributed by atoms with E-state index in [2.05, 4.69) is 6.92 Å². The standard InChI is InChI=1S/C20H18ClNO4/c1-2-14-3-6-18(7-4-14)25-9-10-26-19-8-5-17(21)12-15(19)11-16(13-22)20(23)24/h3-8,11-12H,2,9-10H2,1H3,(H,23,24). The number of hydrogen-bond acceptors (Lipinski definition) is 4. The molecule has 0 radical (unpaired) electrons. The predicted octanol–water partition coefficient (Wildman–Crippen LogP) is 4.35. The molecule has 2 aromatic carbocycles. The molecule has 0 saturated heterocycles. The molecule has 0 spiro atoms. The Hall–Kier alpha value is -2.97. The van der Waals surface area contributed by atoms with Gasteiger partial charge >= 0.3 is 5.97 Å². The van der Waals surface area contributed by atoms with Crippen molar-refractivity contribution in [1.29, 1.82) is 5.26 Å². The number of ether oxygens (including phenoxy) is 2. The summed E-state index contributed by atoms with van der Waals surface area (Å²) in [7, 11) is 0. The van der Waals surface area contributed by atoms with Crippen molar-refractivity contribution < 1.29 is 19.4 Å². The summed E-state index contributed by atoms with van der Waals surface area (Å²) in [5, 5.41) is 18.3. The van der Waals surface area contributed by atoms with Crippen LogP contribution < -0.4 is 9.47 Å². The van der Waals surface area contributed by atoms with E-state index in [1.165, 1.54) is 11.6 Å². The quantitative estimate of drug-likeness (QED) is 0.424. The number of carboxylic acid groups (broad SMARTS) is 1. The van der Waals surface area contributed by atoms with Gasteiger partial charge in [0.25, 0.3) is 0 Å². The number of nitrogens with zero attached hydrogens (tertiary/aromatic N) is 1. The Morgan fingerprint density at radius 1 is 1.19 bits per heavy atom. The maximum atomic E-state index is 11.0. The smallest absolute Gasteiger partial charge is 0.346 e. The predicted molar refractivity (Wildman–Crippen MR) is 99.5 cm³/mol. The Morgan fingerprint density at radius 2 is 1.88 bits per heavy atom. The summed E-state index contributed by atoms with van der Waals surface area (Å²) in [5.74, 6) is -0.134. The summed E-state index contributed by atoms with van der Waals surface area (Å²) in [4.78, 5) is 11.0. The fourth-order valence-electron chi connectivity index (χ4n) is 2.19. The van der Waals surface area contributed by atoms with Gasteiger partial charge in [0.15, 0.2) is 0 Å². The van der Waals surface area contributed by atoms with Crippen molar-refractivity contribution in [2.24, 2.45) is 0 Å². The highest BCUT2D eigenvalue weighted by molar-refractivity contribution is 6.30. The highest BCUT2D eigenvalue weighted by Gasteiger charge is 2.10. The molecule has 0 fully saturated rings. The molecule has 0 heterocycles. The van der Waals surface area contributed by atoms with Gasteiger partial charge in [-0.2, -0.15) is 5.26 Å². The van der Waals surface area contributed by atoms with Gasteiger partial charge in [-0.15, -0.1) is 0 Å². The van der Waals surface area contributed by atoms with Crippen molar-refractivity contribution in [3.05, 3.63) is 64.2 Å². The van der Waals surface area contributed by atoms with Gasteiger partial charge in [-0.25, -0.2) is 4.79 Å².